The standard InChI is InChI=1S/C12H12ClNOS/c1-15-10-4-2-9(3-5-10)6-12-14-8-11(7-13)16-12/h2-5,8H,6-7H2,1H3. The van der Waals surface area contributed by atoms with Gasteiger partial charge in [0.05, 0.1) is 18.0 Å². The Balaban J connectivity index is 2.08. The van der Waals surface area contributed by atoms with E-state index in [4.69, 9.17) is 16.3 Å². The quantitative estimate of drug-likeness (QED) is 0.779. The fourth-order valence-corrected chi connectivity index (χ4v) is 2.45. The molecule has 0 amide bonds. The van der Waals surface area contributed by atoms with Crippen molar-refractivity contribution in [1.29, 1.82) is 0 Å². The summed E-state index contributed by atoms with van der Waals surface area (Å²) in [6.45, 7) is 0. The molecule has 16 heavy (non-hydrogen) atoms. The molecular weight excluding hydrogens is 242 g/mol. The minimum absolute atomic E-state index is 0.542. The summed E-state index contributed by atoms with van der Waals surface area (Å²) in [5.74, 6) is 1.42. The van der Waals surface area contributed by atoms with Gasteiger partial charge in [-0.25, -0.2) is 4.98 Å². The van der Waals surface area contributed by atoms with E-state index in [0.29, 0.717) is 5.88 Å². The van der Waals surface area contributed by atoms with Crippen molar-refractivity contribution < 1.29 is 4.74 Å². The molecule has 84 valence electrons. The lowest BCUT2D eigenvalue weighted by Gasteiger charge is -2.01. The number of hydrogen-bond acceptors (Lipinski definition) is 3. The molecular formula is C12H12ClNOS. The molecule has 0 aliphatic carbocycles. The van der Waals surface area contributed by atoms with Gasteiger partial charge < -0.3 is 4.74 Å². The van der Waals surface area contributed by atoms with E-state index in [1.54, 1.807) is 18.4 Å². The van der Waals surface area contributed by atoms with Crippen molar-refractivity contribution in [3.05, 3.63) is 45.9 Å². The topological polar surface area (TPSA) is 22.1 Å². The molecule has 0 bridgehead atoms. The maximum absolute atomic E-state index is 5.74. The van der Waals surface area contributed by atoms with Crippen molar-refractivity contribution in [3.63, 3.8) is 0 Å². The van der Waals surface area contributed by atoms with Gasteiger partial charge in [0, 0.05) is 17.5 Å². The molecule has 4 heteroatoms. The third-order valence-electron chi connectivity index (χ3n) is 2.25. The smallest absolute Gasteiger partial charge is 0.118 e. The molecule has 2 nitrogen and oxygen atoms in total. The number of hydrogen-bond donors (Lipinski definition) is 0. The molecule has 0 aliphatic heterocycles. The van der Waals surface area contributed by atoms with E-state index in [1.807, 2.05) is 18.3 Å². The molecule has 0 aliphatic rings. The Labute approximate surface area is 104 Å². The van der Waals surface area contributed by atoms with Gasteiger partial charge in [-0.3, -0.25) is 0 Å². The van der Waals surface area contributed by atoms with Crippen molar-refractivity contribution in [1.82, 2.24) is 4.98 Å². The highest BCUT2D eigenvalue weighted by molar-refractivity contribution is 7.11. The highest BCUT2D eigenvalue weighted by Gasteiger charge is 2.02. The fourth-order valence-electron chi connectivity index (χ4n) is 1.41. The average molecular weight is 254 g/mol. The Bertz CT molecular complexity index is 452. The van der Waals surface area contributed by atoms with Crippen molar-refractivity contribution in [2.45, 2.75) is 12.3 Å². The van der Waals surface area contributed by atoms with Crippen LogP contribution in [0.2, 0.25) is 0 Å². The predicted molar refractivity (Wildman–Crippen MR) is 67.5 cm³/mol. The lowest BCUT2D eigenvalue weighted by Crippen LogP contribution is -1.87. The van der Waals surface area contributed by atoms with Crippen LogP contribution in [-0.2, 0) is 12.3 Å². The van der Waals surface area contributed by atoms with Gasteiger partial charge >= 0.3 is 0 Å². The fraction of sp³-hybridized carbons (Fsp3) is 0.250. The zero-order valence-electron chi connectivity index (χ0n) is 8.94. The maximum atomic E-state index is 5.74. The second kappa shape index (κ2) is 5.32. The van der Waals surface area contributed by atoms with Crippen molar-refractivity contribution in [2.75, 3.05) is 7.11 Å². The summed E-state index contributed by atoms with van der Waals surface area (Å²) in [6.07, 6.45) is 2.70. The van der Waals surface area contributed by atoms with Crippen LogP contribution >= 0.6 is 22.9 Å². The number of benzene rings is 1. The molecule has 1 aromatic heterocycles. The number of alkyl halides is 1. The zero-order chi connectivity index (χ0) is 11.4. The summed E-state index contributed by atoms with van der Waals surface area (Å²) in [7, 11) is 1.67. The summed E-state index contributed by atoms with van der Waals surface area (Å²) in [5.41, 5.74) is 1.23. The summed E-state index contributed by atoms with van der Waals surface area (Å²) < 4.78 is 5.11. The molecule has 0 unspecified atom stereocenters. The first-order chi connectivity index (χ1) is 7.81. The van der Waals surface area contributed by atoms with Crippen molar-refractivity contribution >= 4 is 22.9 Å². The molecule has 0 radical (unpaired) electrons. The van der Waals surface area contributed by atoms with Gasteiger partial charge in [-0.15, -0.1) is 22.9 Å². The van der Waals surface area contributed by atoms with Crippen LogP contribution in [0.3, 0.4) is 0 Å². The number of ether oxygens (including phenoxy) is 1. The minimum atomic E-state index is 0.542. The van der Waals surface area contributed by atoms with Crippen LogP contribution in [0.5, 0.6) is 5.75 Å². The number of nitrogens with zero attached hydrogens (tertiary/aromatic N) is 1. The normalized spacial score (nSPS) is 10.4. The van der Waals surface area contributed by atoms with E-state index in [9.17, 15) is 0 Å². The predicted octanol–water partition coefficient (Wildman–Crippen LogP) is 3.48. The Hall–Kier alpha value is -1.06. The van der Waals surface area contributed by atoms with Gasteiger partial charge in [0.15, 0.2) is 0 Å². The summed E-state index contributed by atoms with van der Waals surface area (Å²) in [5, 5.41) is 1.10. The van der Waals surface area contributed by atoms with Crippen LogP contribution < -0.4 is 4.74 Å². The Morgan fingerprint density at radius 3 is 2.62 bits per heavy atom. The van der Waals surface area contributed by atoms with Crippen LogP contribution in [0, 0.1) is 0 Å². The number of thiazole rings is 1. The van der Waals surface area contributed by atoms with Crippen LogP contribution in [0.4, 0.5) is 0 Å². The van der Waals surface area contributed by atoms with Gasteiger partial charge in [-0.1, -0.05) is 12.1 Å². The lowest BCUT2D eigenvalue weighted by atomic mass is 10.1. The third kappa shape index (κ3) is 2.74. The summed E-state index contributed by atoms with van der Waals surface area (Å²) in [4.78, 5) is 5.44. The van der Waals surface area contributed by atoms with E-state index in [-0.39, 0.29) is 0 Å². The Kier molecular flexibility index (Phi) is 3.80. The molecule has 2 rings (SSSR count). The number of methoxy groups -OCH3 is 1. The second-order valence-corrected chi connectivity index (χ2v) is 4.85. The van der Waals surface area contributed by atoms with Gasteiger partial charge in [-0.2, -0.15) is 0 Å². The maximum Gasteiger partial charge on any atom is 0.118 e. The van der Waals surface area contributed by atoms with Gasteiger partial charge in [-0.05, 0) is 17.7 Å². The SMILES string of the molecule is COc1ccc(Cc2ncc(CCl)s2)cc1. The van der Waals surface area contributed by atoms with Crippen LogP contribution in [0.15, 0.2) is 30.5 Å². The monoisotopic (exact) mass is 253 g/mol. The van der Waals surface area contributed by atoms with E-state index < -0.39 is 0 Å². The number of aromatic nitrogens is 1. The minimum Gasteiger partial charge on any atom is -0.497 e. The molecule has 1 heterocycles. The molecule has 1 aromatic carbocycles. The lowest BCUT2D eigenvalue weighted by molar-refractivity contribution is 0.414. The first-order valence-electron chi connectivity index (χ1n) is 4.94. The van der Waals surface area contributed by atoms with Crippen LogP contribution in [0.1, 0.15) is 15.4 Å². The van der Waals surface area contributed by atoms with E-state index in [0.717, 1.165) is 22.1 Å². The summed E-state index contributed by atoms with van der Waals surface area (Å²) >= 11 is 7.40. The van der Waals surface area contributed by atoms with Crippen LogP contribution in [-0.4, -0.2) is 12.1 Å². The molecule has 0 N–H and O–H groups in total. The largest absolute Gasteiger partial charge is 0.497 e. The molecule has 0 saturated carbocycles. The number of rotatable bonds is 4. The van der Waals surface area contributed by atoms with Gasteiger partial charge in [0.2, 0.25) is 0 Å². The van der Waals surface area contributed by atoms with E-state index in [2.05, 4.69) is 17.1 Å². The first-order valence-corrected chi connectivity index (χ1v) is 6.29. The molecule has 0 saturated heterocycles. The molecule has 0 atom stereocenters. The Morgan fingerprint density at radius 2 is 2.06 bits per heavy atom. The third-order valence-corrected chi connectivity index (χ3v) is 3.69. The van der Waals surface area contributed by atoms with E-state index >= 15 is 0 Å². The van der Waals surface area contributed by atoms with Crippen molar-refractivity contribution in [3.8, 4) is 5.75 Å². The zero-order valence-corrected chi connectivity index (χ0v) is 10.5. The first kappa shape index (κ1) is 11.4. The van der Waals surface area contributed by atoms with Gasteiger partial charge in [0.1, 0.15) is 5.75 Å². The summed E-state index contributed by atoms with van der Waals surface area (Å²) in [6, 6.07) is 8.04. The van der Waals surface area contributed by atoms with E-state index in [1.165, 1.54) is 5.56 Å². The second-order valence-electron chi connectivity index (χ2n) is 3.38. The highest BCUT2D eigenvalue weighted by Crippen LogP contribution is 2.19. The molecule has 2 aromatic rings. The molecule has 0 fully saturated rings. The van der Waals surface area contributed by atoms with Gasteiger partial charge in [0.25, 0.3) is 0 Å². The highest BCUT2D eigenvalue weighted by atomic mass is 35.5. The molecule has 0 spiro atoms. The van der Waals surface area contributed by atoms with Crippen molar-refractivity contribution in [2.24, 2.45) is 0 Å². The Morgan fingerprint density at radius 1 is 1.31 bits per heavy atom. The number of halogens is 1. The average Bonchev–Trinajstić information content (AvgIpc) is 2.78. The van der Waals surface area contributed by atoms with Crippen LogP contribution in [0.25, 0.3) is 0 Å².